The molecular formula is C18H21N3O2S. The first-order valence-corrected chi connectivity index (χ1v) is 8.86. The summed E-state index contributed by atoms with van der Waals surface area (Å²) in [5, 5.41) is 2.87. The number of aryl methyl sites for hydroxylation is 1. The van der Waals surface area contributed by atoms with Crippen LogP contribution in [0.2, 0.25) is 0 Å². The first kappa shape index (κ1) is 16.6. The molecule has 0 radical (unpaired) electrons. The molecule has 0 unspecified atom stereocenters. The Labute approximate surface area is 145 Å². The maximum Gasteiger partial charge on any atom is 0.272 e. The number of amides is 2. The van der Waals surface area contributed by atoms with Gasteiger partial charge in [-0.15, -0.1) is 11.3 Å². The Balaban J connectivity index is 1.76. The van der Waals surface area contributed by atoms with E-state index < -0.39 is 0 Å². The van der Waals surface area contributed by atoms with Gasteiger partial charge in [0.25, 0.3) is 11.8 Å². The summed E-state index contributed by atoms with van der Waals surface area (Å²) in [4.78, 5) is 32.1. The van der Waals surface area contributed by atoms with Gasteiger partial charge in [-0.3, -0.25) is 14.6 Å². The zero-order chi connectivity index (χ0) is 17.3. The van der Waals surface area contributed by atoms with Crippen LogP contribution in [0.1, 0.15) is 43.9 Å². The number of carbonyl (C=O) groups excluding carboxylic acids is 2. The van der Waals surface area contributed by atoms with Crippen molar-refractivity contribution >= 4 is 28.8 Å². The summed E-state index contributed by atoms with van der Waals surface area (Å²) in [5.74, 6) is 0.367. The number of carbonyl (C=O) groups is 2. The smallest absolute Gasteiger partial charge is 0.272 e. The van der Waals surface area contributed by atoms with Crippen LogP contribution in [0.5, 0.6) is 0 Å². The largest absolute Gasteiger partial charge is 0.343 e. The van der Waals surface area contributed by atoms with Gasteiger partial charge in [0.2, 0.25) is 0 Å². The molecule has 0 bridgehead atoms. The maximum absolute atomic E-state index is 12.5. The molecule has 24 heavy (non-hydrogen) atoms. The molecule has 126 valence electrons. The number of thiophene rings is 1. The lowest BCUT2D eigenvalue weighted by Gasteiger charge is -2.16. The Morgan fingerprint density at radius 3 is 2.88 bits per heavy atom. The fourth-order valence-corrected chi connectivity index (χ4v) is 3.97. The summed E-state index contributed by atoms with van der Waals surface area (Å²) in [5.41, 5.74) is 2.21. The van der Waals surface area contributed by atoms with Gasteiger partial charge in [0.05, 0.1) is 4.88 Å². The fraction of sp³-hybridized carbons (Fsp3) is 0.389. The normalized spacial score (nSPS) is 16.4. The van der Waals surface area contributed by atoms with Crippen LogP contribution in [0.25, 0.3) is 0 Å². The molecule has 3 rings (SSSR count). The van der Waals surface area contributed by atoms with E-state index in [9.17, 15) is 9.59 Å². The van der Waals surface area contributed by atoms with Gasteiger partial charge in [-0.05, 0) is 48.9 Å². The third kappa shape index (κ3) is 3.48. The predicted molar refractivity (Wildman–Crippen MR) is 95.7 cm³/mol. The molecule has 2 heterocycles. The molecule has 0 aliphatic heterocycles. The molecule has 1 atom stereocenters. The second kappa shape index (κ2) is 6.73. The number of pyridine rings is 1. The number of nitrogens with zero attached hydrogens (tertiary/aromatic N) is 2. The summed E-state index contributed by atoms with van der Waals surface area (Å²) in [6.07, 6.45) is 4.84. The van der Waals surface area contributed by atoms with E-state index in [1.54, 1.807) is 37.6 Å². The Morgan fingerprint density at radius 2 is 2.12 bits per heavy atom. The summed E-state index contributed by atoms with van der Waals surface area (Å²) < 4.78 is 0. The highest BCUT2D eigenvalue weighted by Gasteiger charge is 2.21. The molecule has 0 fully saturated rings. The number of hydrogen-bond donors (Lipinski definition) is 1. The molecule has 2 amide bonds. The molecule has 1 N–H and O–H groups in total. The first-order chi connectivity index (χ1) is 11.4. The van der Waals surface area contributed by atoms with Gasteiger partial charge in [0.1, 0.15) is 5.69 Å². The lowest BCUT2D eigenvalue weighted by molar-refractivity contribution is 0.0821. The Bertz CT molecular complexity index is 782. The van der Waals surface area contributed by atoms with Crippen molar-refractivity contribution < 1.29 is 9.59 Å². The Hall–Kier alpha value is -2.21. The Morgan fingerprint density at radius 1 is 1.33 bits per heavy atom. The third-order valence-corrected chi connectivity index (χ3v) is 5.43. The molecule has 1 aliphatic rings. The quantitative estimate of drug-likeness (QED) is 0.931. The van der Waals surface area contributed by atoms with E-state index in [0.29, 0.717) is 17.3 Å². The number of nitrogens with one attached hydrogen (secondary N) is 1. The number of anilines is 1. The summed E-state index contributed by atoms with van der Waals surface area (Å²) in [7, 11) is 3.35. The van der Waals surface area contributed by atoms with E-state index in [4.69, 9.17) is 0 Å². The van der Waals surface area contributed by atoms with Crippen molar-refractivity contribution in [2.75, 3.05) is 19.4 Å². The molecule has 0 saturated heterocycles. The number of rotatable bonds is 3. The standard InChI is InChI=1S/C18H21N3O2S/c1-11-4-5-15-12(8-11)9-16(24-15)17(22)20-13-6-7-19-14(10-13)18(23)21(2)3/h6-7,9-11H,4-5,8H2,1-3H3,(H,19,20,22)/t11-/m0/s1. The van der Waals surface area contributed by atoms with Gasteiger partial charge < -0.3 is 10.2 Å². The fourth-order valence-electron chi connectivity index (χ4n) is 2.86. The molecule has 1 aliphatic carbocycles. The predicted octanol–water partition coefficient (Wildman–Crippen LogP) is 3.22. The van der Waals surface area contributed by atoms with Crippen LogP contribution >= 0.6 is 11.3 Å². The van der Waals surface area contributed by atoms with Crippen LogP contribution in [-0.4, -0.2) is 35.8 Å². The second-order valence-corrected chi connectivity index (χ2v) is 7.63. The van der Waals surface area contributed by atoms with Gasteiger partial charge in [0, 0.05) is 30.9 Å². The van der Waals surface area contributed by atoms with Crippen LogP contribution < -0.4 is 5.32 Å². The number of fused-ring (bicyclic) bond motifs is 1. The van der Waals surface area contributed by atoms with Gasteiger partial charge in [-0.25, -0.2) is 0 Å². The van der Waals surface area contributed by atoms with E-state index in [1.807, 2.05) is 6.07 Å². The van der Waals surface area contributed by atoms with E-state index in [0.717, 1.165) is 17.7 Å². The zero-order valence-electron chi connectivity index (χ0n) is 14.1. The molecular weight excluding hydrogens is 322 g/mol. The lowest BCUT2D eigenvalue weighted by atomic mass is 9.90. The van der Waals surface area contributed by atoms with Gasteiger partial charge in [-0.1, -0.05) is 6.92 Å². The first-order valence-electron chi connectivity index (χ1n) is 8.04. The molecule has 0 saturated carbocycles. The highest BCUT2D eigenvalue weighted by molar-refractivity contribution is 7.14. The number of hydrogen-bond acceptors (Lipinski definition) is 4. The van der Waals surface area contributed by atoms with Crippen LogP contribution in [0.15, 0.2) is 24.4 Å². The molecule has 0 spiro atoms. The highest BCUT2D eigenvalue weighted by atomic mass is 32.1. The van der Waals surface area contributed by atoms with Crippen molar-refractivity contribution in [2.24, 2.45) is 5.92 Å². The topological polar surface area (TPSA) is 62.3 Å². The molecule has 2 aromatic rings. The van der Waals surface area contributed by atoms with Gasteiger partial charge in [-0.2, -0.15) is 0 Å². The minimum absolute atomic E-state index is 0.128. The van der Waals surface area contributed by atoms with Crippen molar-refractivity contribution in [3.05, 3.63) is 45.4 Å². The van der Waals surface area contributed by atoms with Crippen molar-refractivity contribution in [1.29, 1.82) is 0 Å². The molecule has 5 nitrogen and oxygen atoms in total. The van der Waals surface area contributed by atoms with Crippen LogP contribution in [0, 0.1) is 5.92 Å². The van der Waals surface area contributed by atoms with Crippen molar-refractivity contribution in [3.8, 4) is 0 Å². The van der Waals surface area contributed by atoms with E-state index in [2.05, 4.69) is 17.2 Å². The zero-order valence-corrected chi connectivity index (χ0v) is 14.9. The summed E-state index contributed by atoms with van der Waals surface area (Å²) in [6.45, 7) is 2.25. The summed E-state index contributed by atoms with van der Waals surface area (Å²) >= 11 is 1.58. The average Bonchev–Trinajstić information content (AvgIpc) is 2.97. The second-order valence-electron chi connectivity index (χ2n) is 6.49. The van der Waals surface area contributed by atoms with Crippen molar-refractivity contribution in [3.63, 3.8) is 0 Å². The van der Waals surface area contributed by atoms with Crippen molar-refractivity contribution in [2.45, 2.75) is 26.2 Å². The lowest BCUT2D eigenvalue weighted by Crippen LogP contribution is -2.23. The minimum Gasteiger partial charge on any atom is -0.343 e. The van der Waals surface area contributed by atoms with E-state index >= 15 is 0 Å². The number of aromatic nitrogens is 1. The Kier molecular flexibility index (Phi) is 4.66. The third-order valence-electron chi connectivity index (χ3n) is 4.20. The molecule has 2 aromatic heterocycles. The molecule has 0 aromatic carbocycles. The SMILES string of the molecule is C[C@H]1CCc2sc(C(=O)Nc3ccnc(C(=O)N(C)C)c3)cc2C1. The molecule has 6 heteroatoms. The van der Waals surface area contributed by atoms with E-state index in [-0.39, 0.29) is 11.8 Å². The van der Waals surface area contributed by atoms with Gasteiger partial charge in [0.15, 0.2) is 0 Å². The van der Waals surface area contributed by atoms with Gasteiger partial charge >= 0.3 is 0 Å². The van der Waals surface area contributed by atoms with Crippen LogP contribution in [0.4, 0.5) is 5.69 Å². The minimum atomic E-state index is -0.188. The van der Waals surface area contributed by atoms with Crippen LogP contribution in [0.3, 0.4) is 0 Å². The summed E-state index contributed by atoms with van der Waals surface area (Å²) in [6, 6.07) is 5.31. The maximum atomic E-state index is 12.5. The average molecular weight is 343 g/mol. The van der Waals surface area contributed by atoms with Crippen LogP contribution in [-0.2, 0) is 12.8 Å². The highest BCUT2D eigenvalue weighted by Crippen LogP contribution is 2.32. The monoisotopic (exact) mass is 343 g/mol. The van der Waals surface area contributed by atoms with Crippen molar-refractivity contribution in [1.82, 2.24) is 9.88 Å². The van der Waals surface area contributed by atoms with E-state index in [1.165, 1.54) is 28.0 Å².